The first-order chi connectivity index (χ1) is 6.77. The van der Waals surface area contributed by atoms with Crippen LogP contribution in [0.3, 0.4) is 0 Å². The van der Waals surface area contributed by atoms with Crippen LogP contribution in [0.5, 0.6) is 5.75 Å². The quantitative estimate of drug-likeness (QED) is 0.764. The Morgan fingerprint density at radius 3 is 2.71 bits per heavy atom. The van der Waals surface area contributed by atoms with Crippen LogP contribution in [0.2, 0.25) is 0 Å². The molecule has 1 rings (SSSR count). The topological polar surface area (TPSA) is 32.7 Å². The highest BCUT2D eigenvalue weighted by Gasteiger charge is 2.04. The van der Waals surface area contributed by atoms with Gasteiger partial charge in [0.15, 0.2) is 0 Å². The molecular formula is C11H17NO2. The summed E-state index contributed by atoms with van der Waals surface area (Å²) in [4.78, 5) is 2.05. The zero-order chi connectivity index (χ0) is 10.4. The van der Waals surface area contributed by atoms with Crippen LogP contribution in [0.4, 0.5) is 0 Å². The third-order valence-electron chi connectivity index (χ3n) is 2.11. The van der Waals surface area contributed by atoms with Crippen LogP contribution in [-0.2, 0) is 6.54 Å². The number of aliphatic hydroxyl groups is 1. The minimum atomic E-state index is 0.186. The molecule has 14 heavy (non-hydrogen) atoms. The summed E-state index contributed by atoms with van der Waals surface area (Å²) in [6, 6.07) is 7.92. The van der Waals surface area contributed by atoms with Crippen LogP contribution in [0.25, 0.3) is 0 Å². The molecule has 78 valence electrons. The molecule has 0 saturated carbocycles. The zero-order valence-corrected chi connectivity index (χ0v) is 8.73. The van der Waals surface area contributed by atoms with Crippen molar-refractivity contribution in [3.8, 4) is 5.75 Å². The monoisotopic (exact) mass is 195 g/mol. The molecule has 0 bridgehead atoms. The van der Waals surface area contributed by atoms with Gasteiger partial charge in [0.2, 0.25) is 0 Å². The van der Waals surface area contributed by atoms with Crippen molar-refractivity contribution in [3.63, 3.8) is 0 Å². The molecule has 0 heterocycles. The third kappa shape index (κ3) is 3.01. The second-order valence-corrected chi connectivity index (χ2v) is 3.27. The average molecular weight is 195 g/mol. The van der Waals surface area contributed by atoms with Crippen molar-refractivity contribution in [2.24, 2.45) is 0 Å². The van der Waals surface area contributed by atoms with Gasteiger partial charge in [0, 0.05) is 18.7 Å². The van der Waals surface area contributed by atoms with E-state index in [9.17, 15) is 0 Å². The van der Waals surface area contributed by atoms with Crippen molar-refractivity contribution in [2.45, 2.75) is 6.54 Å². The summed E-state index contributed by atoms with van der Waals surface area (Å²) >= 11 is 0. The maximum absolute atomic E-state index is 8.77. The van der Waals surface area contributed by atoms with Gasteiger partial charge in [0.05, 0.1) is 13.7 Å². The molecule has 0 radical (unpaired) electrons. The summed E-state index contributed by atoms with van der Waals surface area (Å²) in [7, 11) is 3.65. The largest absolute Gasteiger partial charge is 0.496 e. The molecule has 0 aliphatic heterocycles. The number of hydrogen-bond acceptors (Lipinski definition) is 3. The highest BCUT2D eigenvalue weighted by molar-refractivity contribution is 5.32. The minimum absolute atomic E-state index is 0.186. The van der Waals surface area contributed by atoms with Gasteiger partial charge in [-0.1, -0.05) is 18.2 Å². The van der Waals surface area contributed by atoms with Crippen molar-refractivity contribution >= 4 is 0 Å². The predicted molar refractivity (Wildman–Crippen MR) is 56.4 cm³/mol. The molecule has 0 spiro atoms. The predicted octanol–water partition coefficient (Wildman–Crippen LogP) is 1.12. The summed E-state index contributed by atoms with van der Waals surface area (Å²) in [6.07, 6.45) is 0. The molecule has 1 N–H and O–H groups in total. The summed E-state index contributed by atoms with van der Waals surface area (Å²) in [5.74, 6) is 0.900. The van der Waals surface area contributed by atoms with E-state index in [1.54, 1.807) is 7.11 Å². The number of rotatable bonds is 5. The van der Waals surface area contributed by atoms with E-state index in [-0.39, 0.29) is 6.61 Å². The van der Waals surface area contributed by atoms with Gasteiger partial charge in [-0.05, 0) is 13.1 Å². The number of hydrogen-bond donors (Lipinski definition) is 1. The van der Waals surface area contributed by atoms with E-state index in [0.29, 0.717) is 6.54 Å². The normalized spacial score (nSPS) is 10.6. The SMILES string of the molecule is COc1ccccc1CN(C)CCO. The van der Waals surface area contributed by atoms with E-state index in [1.165, 1.54) is 0 Å². The van der Waals surface area contributed by atoms with Gasteiger partial charge in [0.1, 0.15) is 5.75 Å². The molecule has 3 heteroatoms. The average Bonchev–Trinajstić information content (AvgIpc) is 2.19. The second-order valence-electron chi connectivity index (χ2n) is 3.27. The number of aliphatic hydroxyl groups excluding tert-OH is 1. The van der Waals surface area contributed by atoms with Crippen molar-refractivity contribution in [3.05, 3.63) is 29.8 Å². The molecule has 0 aliphatic rings. The Balaban J connectivity index is 2.65. The number of likely N-dealkylation sites (N-methyl/N-ethyl adjacent to an activating group) is 1. The summed E-state index contributed by atoms with van der Waals surface area (Å²) in [5, 5.41) is 8.77. The van der Waals surface area contributed by atoms with E-state index >= 15 is 0 Å². The fourth-order valence-corrected chi connectivity index (χ4v) is 1.37. The van der Waals surface area contributed by atoms with E-state index in [2.05, 4.69) is 4.90 Å². The van der Waals surface area contributed by atoms with Crippen LogP contribution in [-0.4, -0.2) is 37.3 Å². The van der Waals surface area contributed by atoms with Gasteiger partial charge in [-0.2, -0.15) is 0 Å². The Hall–Kier alpha value is -1.06. The first kappa shape index (κ1) is 11.0. The van der Waals surface area contributed by atoms with Crippen molar-refractivity contribution in [1.29, 1.82) is 0 Å². The molecular weight excluding hydrogens is 178 g/mol. The first-order valence-electron chi connectivity index (χ1n) is 4.69. The lowest BCUT2D eigenvalue weighted by Gasteiger charge is -2.16. The number of benzene rings is 1. The highest BCUT2D eigenvalue weighted by Crippen LogP contribution is 2.18. The molecule has 0 atom stereocenters. The van der Waals surface area contributed by atoms with E-state index in [0.717, 1.165) is 17.9 Å². The Kier molecular flexibility index (Phi) is 4.43. The Labute approximate surface area is 84.9 Å². The molecule has 1 aromatic rings. The molecule has 0 unspecified atom stereocenters. The number of methoxy groups -OCH3 is 1. The van der Waals surface area contributed by atoms with E-state index in [1.807, 2.05) is 31.3 Å². The molecule has 0 aliphatic carbocycles. The van der Waals surface area contributed by atoms with Gasteiger partial charge in [-0.3, -0.25) is 4.90 Å². The summed E-state index contributed by atoms with van der Waals surface area (Å²) < 4.78 is 5.24. The highest BCUT2D eigenvalue weighted by atomic mass is 16.5. The van der Waals surface area contributed by atoms with Crippen LogP contribution in [0, 0.1) is 0 Å². The number of ether oxygens (including phenoxy) is 1. The summed E-state index contributed by atoms with van der Waals surface area (Å²) in [6.45, 7) is 1.66. The zero-order valence-electron chi connectivity index (χ0n) is 8.73. The molecule has 0 aromatic heterocycles. The number of nitrogens with zero attached hydrogens (tertiary/aromatic N) is 1. The maximum Gasteiger partial charge on any atom is 0.123 e. The third-order valence-corrected chi connectivity index (χ3v) is 2.11. The van der Waals surface area contributed by atoms with Gasteiger partial charge in [0.25, 0.3) is 0 Å². The van der Waals surface area contributed by atoms with Gasteiger partial charge in [-0.25, -0.2) is 0 Å². The lowest BCUT2D eigenvalue weighted by molar-refractivity contribution is 0.216. The van der Waals surface area contributed by atoms with Crippen molar-refractivity contribution in [1.82, 2.24) is 4.90 Å². The fourth-order valence-electron chi connectivity index (χ4n) is 1.37. The standard InChI is InChI=1S/C11H17NO2/c1-12(7-8-13)9-10-5-3-4-6-11(10)14-2/h3-6,13H,7-9H2,1-2H3. The van der Waals surface area contributed by atoms with E-state index < -0.39 is 0 Å². The van der Waals surface area contributed by atoms with Crippen molar-refractivity contribution < 1.29 is 9.84 Å². The first-order valence-corrected chi connectivity index (χ1v) is 4.69. The minimum Gasteiger partial charge on any atom is -0.496 e. The lowest BCUT2D eigenvalue weighted by atomic mass is 10.2. The molecule has 3 nitrogen and oxygen atoms in total. The molecule has 0 fully saturated rings. The van der Waals surface area contributed by atoms with Crippen LogP contribution >= 0.6 is 0 Å². The van der Waals surface area contributed by atoms with Gasteiger partial charge in [-0.15, -0.1) is 0 Å². The Morgan fingerprint density at radius 1 is 1.36 bits per heavy atom. The van der Waals surface area contributed by atoms with Crippen LogP contribution < -0.4 is 4.74 Å². The number of para-hydroxylation sites is 1. The lowest BCUT2D eigenvalue weighted by Crippen LogP contribution is -2.21. The fraction of sp³-hybridized carbons (Fsp3) is 0.455. The Bertz CT molecular complexity index is 276. The van der Waals surface area contributed by atoms with Crippen molar-refractivity contribution in [2.75, 3.05) is 27.3 Å². The molecule has 1 aromatic carbocycles. The molecule has 0 saturated heterocycles. The van der Waals surface area contributed by atoms with Crippen LogP contribution in [0.1, 0.15) is 5.56 Å². The van der Waals surface area contributed by atoms with Gasteiger partial charge < -0.3 is 9.84 Å². The molecule has 0 amide bonds. The summed E-state index contributed by atoms with van der Waals surface area (Å²) in [5.41, 5.74) is 1.14. The maximum atomic E-state index is 8.77. The van der Waals surface area contributed by atoms with Crippen LogP contribution in [0.15, 0.2) is 24.3 Å². The Morgan fingerprint density at radius 2 is 2.07 bits per heavy atom. The second kappa shape index (κ2) is 5.62. The smallest absolute Gasteiger partial charge is 0.123 e. The van der Waals surface area contributed by atoms with Gasteiger partial charge >= 0.3 is 0 Å². The van der Waals surface area contributed by atoms with E-state index in [4.69, 9.17) is 9.84 Å².